The molecule has 0 bridgehead atoms. The van der Waals surface area contributed by atoms with Crippen LogP contribution in [0.3, 0.4) is 0 Å². The molecule has 0 unspecified atom stereocenters. The van der Waals surface area contributed by atoms with Gasteiger partial charge >= 0.3 is 0 Å². The van der Waals surface area contributed by atoms with E-state index in [4.69, 9.17) is 0 Å². The van der Waals surface area contributed by atoms with E-state index in [2.05, 4.69) is 275 Å². The molecular formula is C66H43N3S2. The van der Waals surface area contributed by atoms with Crippen LogP contribution in [0.5, 0.6) is 0 Å². The Hall–Kier alpha value is -8.74. The van der Waals surface area contributed by atoms with Gasteiger partial charge in [0.05, 0.1) is 11.0 Å². The molecule has 0 aliphatic rings. The highest BCUT2D eigenvalue weighted by molar-refractivity contribution is 7.26. The highest BCUT2D eigenvalue weighted by Crippen LogP contribution is 2.47. The van der Waals surface area contributed by atoms with Crippen molar-refractivity contribution in [3.05, 3.63) is 261 Å². The zero-order valence-corrected chi connectivity index (χ0v) is 40.1. The minimum absolute atomic E-state index is 1.06. The highest BCUT2D eigenvalue weighted by atomic mass is 32.1. The number of nitrogens with zero attached hydrogens (tertiary/aromatic N) is 3. The molecule has 0 fully saturated rings. The number of thiophene rings is 2. The Morgan fingerprint density at radius 2 is 0.690 bits per heavy atom. The van der Waals surface area contributed by atoms with Crippen LogP contribution in [0.15, 0.2) is 261 Å². The third kappa shape index (κ3) is 7.17. The molecule has 11 aromatic carbocycles. The van der Waals surface area contributed by atoms with Crippen LogP contribution in [-0.4, -0.2) is 4.57 Å². The van der Waals surface area contributed by atoms with Crippen LogP contribution < -0.4 is 9.80 Å². The average Bonchev–Trinajstić information content (AvgIpc) is 4.11. The summed E-state index contributed by atoms with van der Waals surface area (Å²) in [7, 11) is 0. The van der Waals surface area contributed by atoms with Crippen molar-refractivity contribution in [2.24, 2.45) is 0 Å². The van der Waals surface area contributed by atoms with Gasteiger partial charge in [0.15, 0.2) is 0 Å². The number of para-hydroxylation sites is 3. The van der Waals surface area contributed by atoms with Crippen LogP contribution in [0.25, 0.3) is 90.1 Å². The van der Waals surface area contributed by atoms with Crippen molar-refractivity contribution < 1.29 is 0 Å². The fraction of sp³-hybridized carbons (Fsp3) is 0. The van der Waals surface area contributed by atoms with Gasteiger partial charge in [-0.05, 0) is 131 Å². The zero-order valence-electron chi connectivity index (χ0n) is 38.5. The van der Waals surface area contributed by atoms with Crippen molar-refractivity contribution in [2.75, 3.05) is 9.80 Å². The lowest BCUT2D eigenvalue weighted by Crippen LogP contribution is -2.13. The fourth-order valence-corrected chi connectivity index (χ4v) is 12.9. The average molecular weight is 942 g/mol. The minimum Gasteiger partial charge on any atom is -0.310 e. The normalized spacial score (nSPS) is 11.7. The van der Waals surface area contributed by atoms with E-state index >= 15 is 0 Å². The van der Waals surface area contributed by atoms with Crippen LogP contribution in [0.1, 0.15) is 0 Å². The molecule has 0 amide bonds. The molecule has 334 valence electrons. The lowest BCUT2D eigenvalue weighted by atomic mass is 9.99. The second kappa shape index (κ2) is 17.0. The topological polar surface area (TPSA) is 11.4 Å². The number of rotatable bonds is 9. The molecule has 3 nitrogen and oxygen atoms in total. The van der Waals surface area contributed by atoms with Crippen LogP contribution in [0, 0.1) is 0 Å². The number of benzene rings is 11. The summed E-state index contributed by atoms with van der Waals surface area (Å²) in [4.78, 5) is 4.86. The largest absolute Gasteiger partial charge is 0.310 e. The zero-order chi connectivity index (χ0) is 46.8. The smallest absolute Gasteiger partial charge is 0.0541 e. The number of hydrogen-bond acceptors (Lipinski definition) is 4. The summed E-state index contributed by atoms with van der Waals surface area (Å²) in [6.07, 6.45) is 0. The second-order valence-electron chi connectivity index (χ2n) is 18.1. The van der Waals surface area contributed by atoms with Crippen LogP contribution in [0.4, 0.5) is 34.1 Å². The molecule has 0 N–H and O–H groups in total. The maximum atomic E-state index is 2.43. The van der Waals surface area contributed by atoms with Crippen LogP contribution in [0.2, 0.25) is 0 Å². The molecule has 3 heterocycles. The van der Waals surface area contributed by atoms with Gasteiger partial charge < -0.3 is 14.4 Å². The van der Waals surface area contributed by atoms with Crippen LogP contribution in [-0.2, 0) is 0 Å². The Labute approximate surface area is 419 Å². The van der Waals surface area contributed by atoms with Gasteiger partial charge in [0.25, 0.3) is 0 Å². The highest BCUT2D eigenvalue weighted by Gasteiger charge is 2.22. The van der Waals surface area contributed by atoms with Gasteiger partial charge in [-0.3, -0.25) is 0 Å². The predicted molar refractivity (Wildman–Crippen MR) is 307 cm³/mol. The summed E-state index contributed by atoms with van der Waals surface area (Å²) in [6, 6.07) is 95.6. The van der Waals surface area contributed by atoms with E-state index in [9.17, 15) is 0 Å². The molecule has 14 rings (SSSR count). The Kier molecular flexibility index (Phi) is 9.90. The number of anilines is 6. The van der Waals surface area contributed by atoms with Gasteiger partial charge in [0.2, 0.25) is 0 Å². The predicted octanol–water partition coefficient (Wildman–Crippen LogP) is 19.8. The molecule has 0 saturated heterocycles. The molecule has 0 spiro atoms. The van der Waals surface area contributed by atoms with E-state index in [-0.39, 0.29) is 0 Å². The van der Waals surface area contributed by atoms with Crippen molar-refractivity contribution in [1.29, 1.82) is 0 Å². The van der Waals surface area contributed by atoms with E-state index in [0.717, 1.165) is 50.9 Å². The van der Waals surface area contributed by atoms with Crippen LogP contribution >= 0.6 is 22.7 Å². The third-order valence-electron chi connectivity index (χ3n) is 13.9. The maximum absolute atomic E-state index is 2.43. The Morgan fingerprint density at radius 3 is 1.27 bits per heavy atom. The van der Waals surface area contributed by atoms with Crippen molar-refractivity contribution in [1.82, 2.24) is 4.57 Å². The summed E-state index contributed by atoms with van der Waals surface area (Å²) in [5, 5.41) is 7.58. The summed E-state index contributed by atoms with van der Waals surface area (Å²) >= 11 is 3.71. The third-order valence-corrected chi connectivity index (χ3v) is 16.2. The monoisotopic (exact) mass is 941 g/mol. The molecule has 5 heteroatoms. The fourth-order valence-electron chi connectivity index (χ4n) is 10.6. The van der Waals surface area contributed by atoms with E-state index in [1.807, 2.05) is 22.7 Å². The van der Waals surface area contributed by atoms with Gasteiger partial charge in [0, 0.05) is 90.9 Å². The first-order valence-electron chi connectivity index (χ1n) is 24.1. The molecule has 0 aliphatic carbocycles. The van der Waals surface area contributed by atoms with E-state index < -0.39 is 0 Å². The van der Waals surface area contributed by atoms with Gasteiger partial charge in [-0.25, -0.2) is 0 Å². The first-order valence-corrected chi connectivity index (χ1v) is 25.7. The van der Waals surface area contributed by atoms with Crippen molar-refractivity contribution in [2.45, 2.75) is 0 Å². The first kappa shape index (κ1) is 41.3. The second-order valence-corrected chi connectivity index (χ2v) is 20.3. The molecule has 0 radical (unpaired) electrons. The Balaban J connectivity index is 0.992. The van der Waals surface area contributed by atoms with Crippen molar-refractivity contribution >= 4 is 119 Å². The van der Waals surface area contributed by atoms with Crippen molar-refractivity contribution in [3.63, 3.8) is 0 Å². The molecule has 71 heavy (non-hydrogen) atoms. The summed E-state index contributed by atoms with van der Waals surface area (Å²) < 4.78 is 7.53. The Morgan fingerprint density at radius 1 is 0.239 bits per heavy atom. The summed E-state index contributed by atoms with van der Waals surface area (Å²) in [5.74, 6) is 0. The van der Waals surface area contributed by atoms with E-state index in [0.29, 0.717) is 0 Å². The van der Waals surface area contributed by atoms with Crippen molar-refractivity contribution in [3.8, 4) is 27.9 Å². The molecular weight excluding hydrogens is 899 g/mol. The van der Waals surface area contributed by atoms with Gasteiger partial charge in [0.1, 0.15) is 0 Å². The minimum atomic E-state index is 1.06. The first-order chi connectivity index (χ1) is 35.2. The summed E-state index contributed by atoms with van der Waals surface area (Å²) in [6.45, 7) is 0. The van der Waals surface area contributed by atoms with E-state index in [1.54, 1.807) is 0 Å². The van der Waals surface area contributed by atoms with Gasteiger partial charge in [-0.15, -0.1) is 22.7 Å². The molecule has 0 atom stereocenters. The number of hydrogen-bond donors (Lipinski definition) is 0. The lowest BCUT2D eigenvalue weighted by Gasteiger charge is -2.30. The van der Waals surface area contributed by atoms with E-state index in [1.165, 1.54) is 73.3 Å². The molecule has 14 aromatic rings. The van der Waals surface area contributed by atoms with Gasteiger partial charge in [-0.1, -0.05) is 152 Å². The molecule has 0 aliphatic heterocycles. The lowest BCUT2D eigenvalue weighted by molar-refractivity contribution is 1.18. The summed E-state index contributed by atoms with van der Waals surface area (Å²) in [5.41, 5.74) is 14.7. The van der Waals surface area contributed by atoms with Gasteiger partial charge in [-0.2, -0.15) is 0 Å². The number of aromatic nitrogens is 1. The Bertz CT molecular complexity index is 4110. The molecule has 3 aromatic heterocycles. The SMILES string of the molecule is c1ccc(-c2ccc(-n3c4ccccc4c4cc(-c5cc(N(c6ccccc6)c6ccc7c(c6)sc6ccccc67)cc(N(c6ccccc6)c6ccc7c(c6)sc6ccccc67)c5)ccc43)cc2)cc1. The maximum Gasteiger partial charge on any atom is 0.0541 e. The molecule has 0 saturated carbocycles. The number of fused-ring (bicyclic) bond motifs is 9. The quantitative estimate of drug-likeness (QED) is 0.143. The standard InChI is InChI=1S/C66H43N3S2/c1-4-16-44(17-5-1)45-28-31-50(32-29-45)69-61-25-13-10-22-55(61)60-40-46(30-37-62(60)69)47-38-53(67(48-18-6-2-7-19-48)51-33-35-58-56-23-11-14-26-63(56)70-65(58)42-51)41-54(39-47)68(49-20-8-3-9-21-49)52-34-36-59-57-24-12-15-27-64(57)71-66(59)43-52/h1-43H.